The number of benzene rings is 1. The second-order valence-corrected chi connectivity index (χ2v) is 4.15. The highest BCUT2D eigenvalue weighted by atomic mass is 32.1. The largest absolute Gasteiger partial charge is 0.399 e. The number of thiazole rings is 1. The van der Waals surface area contributed by atoms with Crippen LogP contribution < -0.4 is 11.1 Å². The first-order valence-corrected chi connectivity index (χ1v) is 5.81. The first-order chi connectivity index (χ1) is 7.75. The highest BCUT2D eigenvalue weighted by molar-refractivity contribution is 7.07. The Morgan fingerprint density at radius 3 is 2.94 bits per heavy atom. The van der Waals surface area contributed by atoms with Crippen LogP contribution in [-0.2, 0) is 13.1 Å². The maximum absolute atomic E-state index is 13.4. The van der Waals surface area contributed by atoms with Crippen LogP contribution in [0.25, 0.3) is 0 Å². The normalized spacial score (nSPS) is 10.6. The topological polar surface area (TPSA) is 50.9 Å². The Kier molecular flexibility index (Phi) is 3.48. The summed E-state index contributed by atoms with van der Waals surface area (Å²) in [5.41, 5.74) is 9.28. The van der Waals surface area contributed by atoms with Gasteiger partial charge in [0.15, 0.2) is 0 Å². The van der Waals surface area contributed by atoms with Gasteiger partial charge in [0.1, 0.15) is 5.82 Å². The van der Waals surface area contributed by atoms with E-state index in [1.807, 2.05) is 5.38 Å². The molecule has 3 nitrogen and oxygen atoms in total. The summed E-state index contributed by atoms with van der Waals surface area (Å²) in [6.07, 6.45) is 0. The molecule has 0 bridgehead atoms. The zero-order valence-electron chi connectivity index (χ0n) is 8.61. The maximum Gasteiger partial charge on any atom is 0.129 e. The molecule has 2 rings (SSSR count). The molecule has 0 amide bonds. The fourth-order valence-electron chi connectivity index (χ4n) is 1.36. The standard InChI is InChI=1S/C11H12FN3S/c12-11-3-9(13)2-1-8(11)4-14-5-10-6-16-7-15-10/h1-3,6-7,14H,4-5,13H2. The van der Waals surface area contributed by atoms with Gasteiger partial charge >= 0.3 is 0 Å². The van der Waals surface area contributed by atoms with Crippen molar-refractivity contribution in [2.24, 2.45) is 0 Å². The van der Waals surface area contributed by atoms with Crippen molar-refractivity contribution in [3.05, 3.63) is 46.2 Å². The molecule has 2 aromatic rings. The van der Waals surface area contributed by atoms with Crippen LogP contribution >= 0.6 is 11.3 Å². The zero-order chi connectivity index (χ0) is 11.4. The molecule has 0 atom stereocenters. The van der Waals surface area contributed by atoms with E-state index in [0.717, 1.165) is 5.69 Å². The van der Waals surface area contributed by atoms with E-state index in [0.29, 0.717) is 24.3 Å². The molecule has 84 valence electrons. The molecule has 0 aliphatic carbocycles. The van der Waals surface area contributed by atoms with Gasteiger partial charge in [-0.05, 0) is 12.1 Å². The van der Waals surface area contributed by atoms with Crippen molar-refractivity contribution in [1.82, 2.24) is 10.3 Å². The molecule has 1 heterocycles. The molecule has 16 heavy (non-hydrogen) atoms. The predicted molar refractivity (Wildman–Crippen MR) is 63.5 cm³/mol. The number of nitrogen functional groups attached to an aromatic ring is 1. The van der Waals surface area contributed by atoms with Crippen LogP contribution in [0.15, 0.2) is 29.1 Å². The molecule has 3 N–H and O–H groups in total. The Labute approximate surface area is 97.1 Å². The second-order valence-electron chi connectivity index (χ2n) is 3.43. The van der Waals surface area contributed by atoms with E-state index in [9.17, 15) is 4.39 Å². The highest BCUT2D eigenvalue weighted by Crippen LogP contribution is 2.11. The zero-order valence-corrected chi connectivity index (χ0v) is 9.43. The lowest BCUT2D eigenvalue weighted by molar-refractivity contribution is 0.587. The van der Waals surface area contributed by atoms with Gasteiger partial charge in [0.05, 0.1) is 11.2 Å². The monoisotopic (exact) mass is 237 g/mol. The minimum absolute atomic E-state index is 0.272. The molecule has 0 spiro atoms. The first kappa shape index (κ1) is 11.0. The molecule has 1 aromatic carbocycles. The van der Waals surface area contributed by atoms with Gasteiger partial charge < -0.3 is 11.1 Å². The summed E-state index contributed by atoms with van der Waals surface area (Å²) in [5.74, 6) is -0.272. The number of nitrogens with two attached hydrogens (primary N) is 1. The lowest BCUT2D eigenvalue weighted by Crippen LogP contribution is -2.14. The van der Waals surface area contributed by atoms with Gasteiger partial charge in [-0.1, -0.05) is 6.07 Å². The van der Waals surface area contributed by atoms with Crippen LogP contribution in [0, 0.1) is 5.82 Å². The van der Waals surface area contributed by atoms with Crippen LogP contribution in [0.3, 0.4) is 0 Å². The molecule has 0 unspecified atom stereocenters. The Hall–Kier alpha value is -1.46. The van der Waals surface area contributed by atoms with Gasteiger partial charge in [0.25, 0.3) is 0 Å². The van der Waals surface area contributed by atoms with Gasteiger partial charge in [0.2, 0.25) is 0 Å². The third-order valence-corrected chi connectivity index (χ3v) is 2.82. The van der Waals surface area contributed by atoms with Crippen LogP contribution in [0.4, 0.5) is 10.1 Å². The van der Waals surface area contributed by atoms with Gasteiger partial charge in [-0.25, -0.2) is 9.37 Å². The van der Waals surface area contributed by atoms with Crippen LogP contribution in [0.2, 0.25) is 0 Å². The lowest BCUT2D eigenvalue weighted by atomic mass is 10.2. The van der Waals surface area contributed by atoms with Gasteiger partial charge in [-0.2, -0.15) is 0 Å². The van der Waals surface area contributed by atoms with Crippen molar-refractivity contribution in [3.8, 4) is 0 Å². The fraction of sp³-hybridized carbons (Fsp3) is 0.182. The number of nitrogens with zero attached hydrogens (tertiary/aromatic N) is 1. The van der Waals surface area contributed by atoms with E-state index in [-0.39, 0.29) is 5.82 Å². The first-order valence-electron chi connectivity index (χ1n) is 4.87. The molecule has 0 fully saturated rings. The van der Waals surface area contributed by atoms with Crippen molar-refractivity contribution >= 4 is 17.0 Å². The lowest BCUT2D eigenvalue weighted by Gasteiger charge is -2.05. The third kappa shape index (κ3) is 2.77. The van der Waals surface area contributed by atoms with Crippen molar-refractivity contribution in [2.75, 3.05) is 5.73 Å². The van der Waals surface area contributed by atoms with Crippen molar-refractivity contribution in [2.45, 2.75) is 13.1 Å². The Bertz CT molecular complexity index is 456. The highest BCUT2D eigenvalue weighted by Gasteiger charge is 2.02. The molecule has 1 aromatic heterocycles. The van der Waals surface area contributed by atoms with Crippen molar-refractivity contribution in [1.29, 1.82) is 0 Å². The van der Waals surface area contributed by atoms with Crippen LogP contribution in [0.1, 0.15) is 11.3 Å². The Morgan fingerprint density at radius 1 is 1.38 bits per heavy atom. The number of anilines is 1. The van der Waals surface area contributed by atoms with E-state index < -0.39 is 0 Å². The summed E-state index contributed by atoms with van der Waals surface area (Å²) in [6, 6.07) is 4.72. The average molecular weight is 237 g/mol. The van der Waals surface area contributed by atoms with E-state index in [1.165, 1.54) is 6.07 Å². The predicted octanol–water partition coefficient (Wildman–Crippen LogP) is 2.15. The second kappa shape index (κ2) is 5.05. The number of halogens is 1. The van der Waals surface area contributed by atoms with Gasteiger partial charge in [-0.3, -0.25) is 0 Å². The quantitative estimate of drug-likeness (QED) is 0.801. The molecule has 0 aliphatic heterocycles. The summed E-state index contributed by atoms with van der Waals surface area (Å²) in [7, 11) is 0. The van der Waals surface area contributed by atoms with Crippen LogP contribution in [0.5, 0.6) is 0 Å². The smallest absolute Gasteiger partial charge is 0.129 e. The van der Waals surface area contributed by atoms with Crippen molar-refractivity contribution in [3.63, 3.8) is 0 Å². The minimum Gasteiger partial charge on any atom is -0.399 e. The molecule has 5 heteroatoms. The number of hydrogen-bond acceptors (Lipinski definition) is 4. The van der Waals surface area contributed by atoms with Crippen molar-refractivity contribution < 1.29 is 4.39 Å². The summed E-state index contributed by atoms with van der Waals surface area (Å²) < 4.78 is 13.4. The van der Waals surface area contributed by atoms with Gasteiger partial charge in [0, 0.05) is 29.7 Å². The molecule has 0 aliphatic rings. The SMILES string of the molecule is Nc1ccc(CNCc2cscn2)c(F)c1. The molecular weight excluding hydrogens is 225 g/mol. The number of hydrogen-bond donors (Lipinski definition) is 2. The van der Waals surface area contributed by atoms with Gasteiger partial charge in [-0.15, -0.1) is 11.3 Å². The van der Waals surface area contributed by atoms with E-state index in [1.54, 1.807) is 29.0 Å². The third-order valence-electron chi connectivity index (χ3n) is 2.18. The average Bonchev–Trinajstić information content (AvgIpc) is 2.74. The maximum atomic E-state index is 13.4. The number of nitrogens with one attached hydrogen (secondary N) is 1. The Balaban J connectivity index is 1.90. The molecule has 0 radical (unpaired) electrons. The van der Waals surface area contributed by atoms with Crippen LogP contribution in [-0.4, -0.2) is 4.98 Å². The Morgan fingerprint density at radius 2 is 2.25 bits per heavy atom. The number of rotatable bonds is 4. The summed E-state index contributed by atoms with van der Waals surface area (Å²) in [4.78, 5) is 4.13. The summed E-state index contributed by atoms with van der Waals surface area (Å²) >= 11 is 1.55. The minimum atomic E-state index is -0.272. The van der Waals surface area contributed by atoms with E-state index >= 15 is 0 Å². The molecule has 0 saturated heterocycles. The summed E-state index contributed by atoms with van der Waals surface area (Å²) in [6.45, 7) is 1.12. The fourth-order valence-corrected chi connectivity index (χ4v) is 1.92. The molecule has 0 saturated carbocycles. The molecular formula is C11H12FN3S. The van der Waals surface area contributed by atoms with E-state index in [4.69, 9.17) is 5.73 Å². The van der Waals surface area contributed by atoms with E-state index in [2.05, 4.69) is 10.3 Å². The number of aromatic nitrogens is 1. The summed E-state index contributed by atoms with van der Waals surface area (Å²) in [5, 5.41) is 5.09.